The van der Waals surface area contributed by atoms with Crippen LogP contribution in [0.4, 0.5) is 5.69 Å². The van der Waals surface area contributed by atoms with Gasteiger partial charge in [-0.2, -0.15) is 0 Å². The molecule has 0 aliphatic rings. The number of hydrogen-bond donors (Lipinski definition) is 2. The molecule has 0 bridgehead atoms. The Bertz CT molecular complexity index is 346. The Morgan fingerprint density at radius 3 is 2.87 bits per heavy atom. The Morgan fingerprint density at radius 2 is 2.40 bits per heavy atom. The standard InChI is InChI=1S/C10H16N2O3/c1-7(5-13)6-15-10(14)9-3-8(11)4-12(9)2/h3-4,7,13H,5-6,11H2,1-2H3. The van der Waals surface area contributed by atoms with Crippen LogP contribution in [-0.4, -0.2) is 28.9 Å². The number of rotatable bonds is 4. The van der Waals surface area contributed by atoms with Crippen LogP contribution in [0.3, 0.4) is 0 Å². The number of esters is 1. The molecule has 5 nitrogen and oxygen atoms in total. The van der Waals surface area contributed by atoms with E-state index in [9.17, 15) is 4.79 Å². The number of carbonyl (C=O) groups excluding carboxylic acids is 1. The Kier molecular flexibility index (Phi) is 3.74. The molecule has 0 radical (unpaired) electrons. The molecule has 5 heteroatoms. The zero-order valence-corrected chi connectivity index (χ0v) is 8.93. The summed E-state index contributed by atoms with van der Waals surface area (Å²) in [6, 6.07) is 1.56. The lowest BCUT2D eigenvalue weighted by Gasteiger charge is -2.09. The molecule has 1 atom stereocenters. The largest absolute Gasteiger partial charge is 0.461 e. The number of hydrogen-bond acceptors (Lipinski definition) is 4. The van der Waals surface area contributed by atoms with E-state index in [1.807, 2.05) is 0 Å². The first-order valence-electron chi connectivity index (χ1n) is 4.74. The number of carbonyl (C=O) groups is 1. The smallest absolute Gasteiger partial charge is 0.355 e. The van der Waals surface area contributed by atoms with E-state index in [4.69, 9.17) is 15.6 Å². The lowest BCUT2D eigenvalue weighted by atomic mass is 10.2. The van der Waals surface area contributed by atoms with E-state index in [1.165, 1.54) is 0 Å². The van der Waals surface area contributed by atoms with Gasteiger partial charge in [-0.15, -0.1) is 0 Å². The van der Waals surface area contributed by atoms with Gasteiger partial charge in [0, 0.05) is 25.8 Å². The molecular formula is C10H16N2O3. The molecule has 0 aliphatic heterocycles. The summed E-state index contributed by atoms with van der Waals surface area (Å²) in [7, 11) is 1.72. The predicted octanol–water partition coefficient (Wildman–Crippen LogP) is 0.392. The van der Waals surface area contributed by atoms with Crippen molar-refractivity contribution < 1.29 is 14.6 Å². The summed E-state index contributed by atoms with van der Waals surface area (Å²) in [5.74, 6) is -0.471. The van der Waals surface area contributed by atoms with Crippen molar-refractivity contribution in [3.8, 4) is 0 Å². The Balaban J connectivity index is 2.58. The molecule has 0 fully saturated rings. The van der Waals surface area contributed by atoms with E-state index in [1.54, 1.807) is 30.8 Å². The minimum Gasteiger partial charge on any atom is -0.461 e. The summed E-state index contributed by atoms with van der Waals surface area (Å²) in [5.41, 5.74) is 6.47. The van der Waals surface area contributed by atoms with Crippen molar-refractivity contribution >= 4 is 11.7 Å². The van der Waals surface area contributed by atoms with Crippen molar-refractivity contribution in [2.24, 2.45) is 13.0 Å². The molecule has 15 heavy (non-hydrogen) atoms. The third kappa shape index (κ3) is 2.99. The van der Waals surface area contributed by atoms with Crippen LogP contribution in [0.5, 0.6) is 0 Å². The first-order valence-corrected chi connectivity index (χ1v) is 4.74. The molecule has 1 aromatic rings. The number of aliphatic hydroxyl groups is 1. The minimum absolute atomic E-state index is 0.00254. The second kappa shape index (κ2) is 4.84. The number of anilines is 1. The van der Waals surface area contributed by atoms with E-state index in [2.05, 4.69) is 0 Å². The summed E-state index contributed by atoms with van der Waals surface area (Å²) in [6.07, 6.45) is 1.64. The number of nitrogens with zero attached hydrogens (tertiary/aromatic N) is 1. The predicted molar refractivity (Wildman–Crippen MR) is 56.4 cm³/mol. The lowest BCUT2D eigenvalue weighted by molar-refractivity contribution is 0.0394. The van der Waals surface area contributed by atoms with E-state index >= 15 is 0 Å². The van der Waals surface area contributed by atoms with Gasteiger partial charge in [-0.3, -0.25) is 0 Å². The van der Waals surface area contributed by atoms with E-state index in [0.717, 1.165) is 0 Å². The maximum absolute atomic E-state index is 11.5. The summed E-state index contributed by atoms with van der Waals surface area (Å²) in [4.78, 5) is 11.5. The Labute approximate surface area is 88.4 Å². The van der Waals surface area contributed by atoms with Crippen molar-refractivity contribution in [3.05, 3.63) is 18.0 Å². The van der Waals surface area contributed by atoms with Crippen molar-refractivity contribution in [1.82, 2.24) is 4.57 Å². The second-order valence-electron chi connectivity index (χ2n) is 3.66. The van der Waals surface area contributed by atoms with Crippen molar-refractivity contribution in [2.45, 2.75) is 6.92 Å². The molecule has 0 spiro atoms. The number of nitrogens with two attached hydrogens (primary N) is 1. The van der Waals surface area contributed by atoms with Crippen molar-refractivity contribution in [2.75, 3.05) is 18.9 Å². The van der Waals surface area contributed by atoms with Gasteiger partial charge in [0.15, 0.2) is 0 Å². The molecule has 1 rings (SSSR count). The van der Waals surface area contributed by atoms with Crippen LogP contribution in [0.15, 0.2) is 12.3 Å². The highest BCUT2D eigenvalue weighted by molar-refractivity contribution is 5.89. The van der Waals surface area contributed by atoms with Crippen LogP contribution in [0.2, 0.25) is 0 Å². The van der Waals surface area contributed by atoms with Gasteiger partial charge in [0.1, 0.15) is 5.69 Å². The Hall–Kier alpha value is -1.49. The van der Waals surface area contributed by atoms with Crippen molar-refractivity contribution in [3.63, 3.8) is 0 Å². The first-order chi connectivity index (χ1) is 7.04. The van der Waals surface area contributed by atoms with Crippen LogP contribution >= 0.6 is 0 Å². The van der Waals surface area contributed by atoms with Gasteiger partial charge in [0.2, 0.25) is 0 Å². The summed E-state index contributed by atoms with van der Waals surface area (Å²) < 4.78 is 6.61. The summed E-state index contributed by atoms with van der Waals surface area (Å²) in [6.45, 7) is 2.01. The van der Waals surface area contributed by atoms with Gasteiger partial charge in [-0.05, 0) is 6.07 Å². The molecule has 0 saturated carbocycles. The molecule has 0 saturated heterocycles. The van der Waals surface area contributed by atoms with Crippen LogP contribution in [0, 0.1) is 5.92 Å². The number of aromatic nitrogens is 1. The molecule has 0 aliphatic carbocycles. The average Bonchev–Trinajstić information content (AvgIpc) is 2.53. The van der Waals surface area contributed by atoms with Crippen LogP contribution in [0.1, 0.15) is 17.4 Å². The number of ether oxygens (including phenoxy) is 1. The highest BCUT2D eigenvalue weighted by Gasteiger charge is 2.13. The number of aliphatic hydroxyl groups excluding tert-OH is 1. The van der Waals surface area contributed by atoms with Gasteiger partial charge >= 0.3 is 5.97 Å². The van der Waals surface area contributed by atoms with Gasteiger partial charge in [0.25, 0.3) is 0 Å². The average molecular weight is 212 g/mol. The van der Waals surface area contributed by atoms with Crippen LogP contribution < -0.4 is 5.73 Å². The molecular weight excluding hydrogens is 196 g/mol. The fourth-order valence-electron chi connectivity index (χ4n) is 1.14. The molecule has 3 N–H and O–H groups in total. The quantitative estimate of drug-likeness (QED) is 0.708. The fraction of sp³-hybridized carbons (Fsp3) is 0.500. The third-order valence-corrected chi connectivity index (χ3v) is 2.05. The molecule has 1 unspecified atom stereocenters. The van der Waals surface area contributed by atoms with Gasteiger partial charge < -0.3 is 20.1 Å². The molecule has 1 heterocycles. The van der Waals surface area contributed by atoms with Gasteiger partial charge in [-0.25, -0.2) is 4.79 Å². The zero-order valence-electron chi connectivity index (χ0n) is 8.93. The number of aryl methyl sites for hydroxylation is 1. The van der Waals surface area contributed by atoms with E-state index in [0.29, 0.717) is 11.4 Å². The normalized spacial score (nSPS) is 12.5. The SMILES string of the molecule is CC(CO)COC(=O)c1cc(N)cn1C. The number of nitrogen functional groups attached to an aromatic ring is 1. The third-order valence-electron chi connectivity index (χ3n) is 2.05. The van der Waals surface area contributed by atoms with Gasteiger partial charge in [-0.1, -0.05) is 6.92 Å². The van der Waals surface area contributed by atoms with Gasteiger partial charge in [0.05, 0.1) is 12.3 Å². The van der Waals surface area contributed by atoms with Crippen LogP contribution in [-0.2, 0) is 11.8 Å². The highest BCUT2D eigenvalue weighted by atomic mass is 16.5. The van der Waals surface area contributed by atoms with Crippen molar-refractivity contribution in [1.29, 1.82) is 0 Å². The second-order valence-corrected chi connectivity index (χ2v) is 3.66. The minimum atomic E-state index is -0.422. The summed E-state index contributed by atoms with van der Waals surface area (Å²) >= 11 is 0. The van der Waals surface area contributed by atoms with E-state index in [-0.39, 0.29) is 19.1 Å². The fourth-order valence-corrected chi connectivity index (χ4v) is 1.14. The maximum Gasteiger partial charge on any atom is 0.355 e. The van der Waals surface area contributed by atoms with E-state index < -0.39 is 5.97 Å². The molecule has 1 aromatic heterocycles. The molecule has 0 amide bonds. The summed E-state index contributed by atoms with van der Waals surface area (Å²) in [5, 5.41) is 8.76. The van der Waals surface area contributed by atoms with Crippen LogP contribution in [0.25, 0.3) is 0 Å². The zero-order chi connectivity index (χ0) is 11.4. The Morgan fingerprint density at radius 1 is 1.73 bits per heavy atom. The topological polar surface area (TPSA) is 77.5 Å². The molecule has 0 aromatic carbocycles. The lowest BCUT2D eigenvalue weighted by Crippen LogP contribution is -2.16. The highest BCUT2D eigenvalue weighted by Crippen LogP contribution is 2.10. The first kappa shape index (κ1) is 11.6. The maximum atomic E-state index is 11.5. The molecule has 84 valence electrons. The monoisotopic (exact) mass is 212 g/mol.